The van der Waals surface area contributed by atoms with Crippen molar-refractivity contribution in [3.8, 4) is 0 Å². The lowest BCUT2D eigenvalue weighted by Gasteiger charge is -2.03. The molecule has 0 spiro atoms. The first-order valence-corrected chi connectivity index (χ1v) is 5.60. The van der Waals surface area contributed by atoms with Crippen molar-refractivity contribution in [1.82, 2.24) is 9.97 Å². The van der Waals surface area contributed by atoms with Crippen LogP contribution in [0.5, 0.6) is 0 Å². The highest BCUT2D eigenvalue weighted by Crippen LogP contribution is 2.14. The fraction of sp³-hybridized carbons (Fsp3) is 0.556. The minimum absolute atomic E-state index is 0.655. The summed E-state index contributed by atoms with van der Waals surface area (Å²) in [6.07, 6.45) is 3.31. The largest absolute Gasteiger partial charge is 0.346 e. The molecule has 0 fully saturated rings. The quantitative estimate of drug-likeness (QED) is 0.843. The molecule has 0 saturated heterocycles. The van der Waals surface area contributed by atoms with Crippen LogP contribution in [-0.4, -0.2) is 9.97 Å². The van der Waals surface area contributed by atoms with E-state index in [0.717, 1.165) is 28.8 Å². The van der Waals surface area contributed by atoms with Crippen molar-refractivity contribution in [2.45, 2.75) is 33.1 Å². The van der Waals surface area contributed by atoms with Crippen LogP contribution in [0.25, 0.3) is 0 Å². The number of aromatic amines is 1. The van der Waals surface area contributed by atoms with Crippen LogP contribution in [0.2, 0.25) is 0 Å². The molecule has 1 rings (SSSR count). The molecule has 72 valence electrons. The van der Waals surface area contributed by atoms with Crippen molar-refractivity contribution in [2.75, 3.05) is 0 Å². The Balaban J connectivity index is 2.93. The summed E-state index contributed by atoms with van der Waals surface area (Å²) in [5.41, 5.74) is 1.06. The molecule has 0 aliphatic rings. The summed E-state index contributed by atoms with van der Waals surface area (Å²) in [4.78, 5) is 7.51. The Kier molecular flexibility index (Phi) is 4.06. The molecule has 0 amide bonds. The number of halogens is 1. The van der Waals surface area contributed by atoms with Crippen LogP contribution in [0.4, 0.5) is 0 Å². The normalized spacial score (nSPS) is 10.4. The van der Waals surface area contributed by atoms with Gasteiger partial charge in [0.15, 0.2) is 0 Å². The van der Waals surface area contributed by atoms with Gasteiger partial charge in [0.05, 0.1) is 4.47 Å². The molecule has 1 heterocycles. The molecule has 0 saturated carbocycles. The third-order valence-electron chi connectivity index (χ3n) is 1.85. The van der Waals surface area contributed by atoms with E-state index in [4.69, 9.17) is 12.2 Å². The number of hydrogen-bond acceptors (Lipinski definition) is 2. The van der Waals surface area contributed by atoms with E-state index < -0.39 is 0 Å². The number of nitrogens with one attached hydrogen (secondary N) is 1. The van der Waals surface area contributed by atoms with Crippen LogP contribution in [0.3, 0.4) is 0 Å². The van der Waals surface area contributed by atoms with E-state index in [0.29, 0.717) is 4.64 Å². The Bertz CT molecular complexity index is 346. The standard InChI is InChI=1S/C9H13BrN2S/c1-3-4-5-7-11-6(2)8(10)9(13)12-7/h3-5H2,1-2H3,(H,11,12,13). The SMILES string of the molecule is CCCCc1nc(=S)c(Br)c(C)[nH]1. The summed E-state index contributed by atoms with van der Waals surface area (Å²) < 4.78 is 1.56. The van der Waals surface area contributed by atoms with E-state index in [9.17, 15) is 0 Å². The Labute approximate surface area is 91.9 Å². The van der Waals surface area contributed by atoms with Gasteiger partial charge in [-0.1, -0.05) is 25.6 Å². The molecule has 1 N–H and O–H groups in total. The molecular formula is C9H13BrN2S. The minimum Gasteiger partial charge on any atom is -0.346 e. The maximum atomic E-state index is 5.10. The zero-order valence-corrected chi connectivity index (χ0v) is 10.3. The monoisotopic (exact) mass is 260 g/mol. The van der Waals surface area contributed by atoms with E-state index in [1.54, 1.807) is 0 Å². The second-order valence-corrected chi connectivity index (χ2v) is 4.21. The van der Waals surface area contributed by atoms with Crippen molar-refractivity contribution < 1.29 is 0 Å². The average molecular weight is 261 g/mol. The highest BCUT2D eigenvalue weighted by Gasteiger charge is 2.01. The van der Waals surface area contributed by atoms with Crippen LogP contribution in [0.1, 0.15) is 31.3 Å². The van der Waals surface area contributed by atoms with Crippen molar-refractivity contribution in [1.29, 1.82) is 0 Å². The zero-order chi connectivity index (χ0) is 9.84. The number of aromatic nitrogens is 2. The highest BCUT2D eigenvalue weighted by atomic mass is 79.9. The van der Waals surface area contributed by atoms with Gasteiger partial charge in [0.1, 0.15) is 10.5 Å². The third-order valence-corrected chi connectivity index (χ3v) is 3.38. The summed E-state index contributed by atoms with van der Waals surface area (Å²) in [5, 5.41) is 0. The first kappa shape index (κ1) is 10.9. The van der Waals surface area contributed by atoms with Gasteiger partial charge in [-0.3, -0.25) is 0 Å². The lowest BCUT2D eigenvalue weighted by atomic mass is 10.2. The van der Waals surface area contributed by atoms with Gasteiger partial charge in [0.25, 0.3) is 0 Å². The second-order valence-electron chi connectivity index (χ2n) is 3.03. The summed E-state index contributed by atoms with van der Waals surface area (Å²) in [5.74, 6) is 0.993. The molecule has 0 bridgehead atoms. The molecule has 1 aromatic rings. The number of hydrogen-bond donors (Lipinski definition) is 1. The van der Waals surface area contributed by atoms with Crippen molar-refractivity contribution in [3.05, 3.63) is 20.6 Å². The first-order chi connectivity index (χ1) is 6.15. The van der Waals surface area contributed by atoms with Gasteiger partial charge < -0.3 is 4.98 Å². The highest BCUT2D eigenvalue weighted by molar-refractivity contribution is 9.10. The minimum atomic E-state index is 0.655. The van der Waals surface area contributed by atoms with E-state index in [-0.39, 0.29) is 0 Å². The number of rotatable bonds is 3. The van der Waals surface area contributed by atoms with Crippen LogP contribution < -0.4 is 0 Å². The fourth-order valence-corrected chi connectivity index (χ4v) is 1.55. The number of H-pyrrole nitrogens is 1. The van der Waals surface area contributed by atoms with Crippen LogP contribution in [0.15, 0.2) is 4.47 Å². The van der Waals surface area contributed by atoms with Gasteiger partial charge in [0.2, 0.25) is 0 Å². The lowest BCUT2D eigenvalue weighted by Crippen LogP contribution is -1.98. The van der Waals surface area contributed by atoms with Crippen LogP contribution >= 0.6 is 28.1 Å². The van der Waals surface area contributed by atoms with Gasteiger partial charge in [0, 0.05) is 12.1 Å². The number of aryl methyl sites for hydroxylation is 2. The molecular weight excluding hydrogens is 248 g/mol. The zero-order valence-electron chi connectivity index (χ0n) is 7.85. The fourth-order valence-electron chi connectivity index (χ4n) is 1.09. The molecule has 0 unspecified atom stereocenters. The molecule has 13 heavy (non-hydrogen) atoms. The molecule has 0 atom stereocenters. The van der Waals surface area contributed by atoms with Gasteiger partial charge in [-0.05, 0) is 29.3 Å². The predicted octanol–water partition coefficient (Wildman–Crippen LogP) is 3.55. The van der Waals surface area contributed by atoms with E-state index in [2.05, 4.69) is 32.8 Å². The Morgan fingerprint density at radius 1 is 1.54 bits per heavy atom. The Hall–Kier alpha value is -0.220. The summed E-state index contributed by atoms with van der Waals surface area (Å²) in [6, 6.07) is 0. The van der Waals surface area contributed by atoms with Crippen LogP contribution in [0, 0.1) is 11.6 Å². The molecule has 0 radical (unpaired) electrons. The summed E-state index contributed by atoms with van der Waals surface area (Å²) in [7, 11) is 0. The maximum absolute atomic E-state index is 5.10. The Morgan fingerprint density at radius 2 is 2.23 bits per heavy atom. The van der Waals surface area contributed by atoms with Gasteiger partial charge in [-0.15, -0.1) is 0 Å². The maximum Gasteiger partial charge on any atom is 0.144 e. The molecule has 4 heteroatoms. The van der Waals surface area contributed by atoms with Crippen molar-refractivity contribution >= 4 is 28.1 Å². The van der Waals surface area contributed by atoms with E-state index in [1.165, 1.54) is 6.42 Å². The average Bonchev–Trinajstić information content (AvgIpc) is 2.10. The molecule has 0 aromatic carbocycles. The Morgan fingerprint density at radius 3 is 2.77 bits per heavy atom. The number of nitrogens with zero attached hydrogens (tertiary/aromatic N) is 1. The van der Waals surface area contributed by atoms with Gasteiger partial charge >= 0.3 is 0 Å². The molecule has 0 aliphatic heterocycles. The predicted molar refractivity (Wildman–Crippen MR) is 60.5 cm³/mol. The topological polar surface area (TPSA) is 28.7 Å². The van der Waals surface area contributed by atoms with Crippen molar-refractivity contribution in [3.63, 3.8) is 0 Å². The third kappa shape index (κ3) is 2.88. The smallest absolute Gasteiger partial charge is 0.144 e. The van der Waals surface area contributed by atoms with Gasteiger partial charge in [-0.2, -0.15) is 0 Å². The summed E-state index contributed by atoms with van der Waals surface area (Å²) >= 11 is 8.48. The molecule has 1 aromatic heterocycles. The van der Waals surface area contributed by atoms with Crippen LogP contribution in [-0.2, 0) is 6.42 Å². The molecule has 2 nitrogen and oxygen atoms in total. The second kappa shape index (κ2) is 4.86. The lowest BCUT2D eigenvalue weighted by molar-refractivity contribution is 0.744. The first-order valence-electron chi connectivity index (χ1n) is 4.40. The van der Waals surface area contributed by atoms with Gasteiger partial charge in [-0.25, -0.2) is 4.98 Å². The van der Waals surface area contributed by atoms with Crippen molar-refractivity contribution in [2.24, 2.45) is 0 Å². The van der Waals surface area contributed by atoms with E-state index >= 15 is 0 Å². The number of unbranched alkanes of at least 4 members (excludes halogenated alkanes) is 1. The summed E-state index contributed by atoms with van der Waals surface area (Å²) in [6.45, 7) is 4.16. The molecule has 0 aliphatic carbocycles. The van der Waals surface area contributed by atoms with E-state index in [1.807, 2.05) is 6.92 Å².